The quantitative estimate of drug-likeness (QED) is 0.785. The van der Waals surface area contributed by atoms with Crippen LogP contribution in [0.1, 0.15) is 6.23 Å². The number of nitrogen functional groups attached to an aromatic ring is 1. The van der Waals surface area contributed by atoms with E-state index in [-0.39, 0.29) is 18.2 Å². The first-order valence-electron chi connectivity index (χ1n) is 4.93. The molecule has 18 heavy (non-hydrogen) atoms. The minimum absolute atomic E-state index is 0. The number of nitrogens with two attached hydrogens (primary N) is 1. The number of aliphatic hydroxyl groups excluding tert-OH is 1. The van der Waals surface area contributed by atoms with E-state index in [4.69, 9.17) is 15.6 Å². The number of hydrogen-bond acceptors (Lipinski definition) is 5. The molecule has 1 aromatic rings. The van der Waals surface area contributed by atoms with E-state index in [1.54, 1.807) is 0 Å². The highest BCUT2D eigenvalue weighted by Crippen LogP contribution is 2.32. The Morgan fingerprint density at radius 1 is 1.50 bits per heavy atom. The fraction of sp³-hybridized carbons (Fsp3) is 0.556. The Hall–Kier alpha value is -1.25. The zero-order chi connectivity index (χ0) is 12.6. The largest absolute Gasteiger partial charge is 0.394 e. The topological polar surface area (TPSA) is 90.4 Å². The first-order valence-corrected chi connectivity index (χ1v) is 4.93. The summed E-state index contributed by atoms with van der Waals surface area (Å²) in [5, 5.41) is 8.78. The summed E-state index contributed by atoms with van der Waals surface area (Å²) < 4.78 is 32.6. The molecule has 1 saturated heterocycles. The van der Waals surface area contributed by atoms with Gasteiger partial charge in [-0.3, -0.25) is 4.57 Å². The van der Waals surface area contributed by atoms with Crippen molar-refractivity contribution in [3.8, 4) is 0 Å². The van der Waals surface area contributed by atoms with Crippen LogP contribution in [-0.4, -0.2) is 39.7 Å². The normalized spacial score (nSPS) is 31.1. The van der Waals surface area contributed by atoms with Crippen LogP contribution in [0.3, 0.4) is 0 Å². The van der Waals surface area contributed by atoms with Crippen molar-refractivity contribution in [2.45, 2.75) is 24.7 Å². The maximum atomic E-state index is 13.6. The van der Waals surface area contributed by atoms with Crippen molar-refractivity contribution in [1.82, 2.24) is 9.55 Å². The lowest BCUT2D eigenvalue weighted by atomic mass is 10.2. The Balaban J connectivity index is 0.00000162. The molecule has 6 nitrogen and oxygen atoms in total. The number of hydrogen-bond donors (Lipinski definition) is 2. The number of halogens is 3. The summed E-state index contributed by atoms with van der Waals surface area (Å²) in [4.78, 5) is 14.8. The summed E-state index contributed by atoms with van der Waals surface area (Å²) in [6.45, 7) is -0.658. The number of ether oxygens (including phenoxy) is 1. The standard InChI is InChI=1S/C9H11F2N3O3.ClH/c10-6-4(3-15)17-8(7(6)11)14-2-1-5(12)13-9(14)16;/h1-2,4,6-8,15H,3H2,(H2,12,13,16);1H/t4-,6-,7-,8-;/m1./s1. The molecule has 0 amide bonds. The number of nitrogens with zero attached hydrogens (tertiary/aromatic N) is 2. The van der Waals surface area contributed by atoms with Crippen molar-refractivity contribution in [3.05, 3.63) is 22.7 Å². The molecule has 1 aromatic heterocycles. The number of aromatic nitrogens is 2. The molecular formula is C9H12ClF2N3O3. The van der Waals surface area contributed by atoms with E-state index in [0.717, 1.165) is 4.57 Å². The first kappa shape index (κ1) is 14.8. The second kappa shape index (κ2) is 5.59. The SMILES string of the molecule is Cl.Nc1ccn([C@@H]2O[C@H](CO)[C@@H](F)[C@H]2F)c(=O)n1. The highest BCUT2D eigenvalue weighted by atomic mass is 35.5. The van der Waals surface area contributed by atoms with Crippen LogP contribution in [0.15, 0.2) is 17.1 Å². The summed E-state index contributed by atoms with van der Waals surface area (Å²) >= 11 is 0. The van der Waals surface area contributed by atoms with Gasteiger partial charge in [0.25, 0.3) is 0 Å². The Morgan fingerprint density at radius 2 is 2.17 bits per heavy atom. The van der Waals surface area contributed by atoms with E-state index in [1.807, 2.05) is 0 Å². The molecule has 0 saturated carbocycles. The van der Waals surface area contributed by atoms with Crippen LogP contribution in [0.25, 0.3) is 0 Å². The molecule has 0 aliphatic carbocycles. The van der Waals surface area contributed by atoms with Gasteiger partial charge in [0.2, 0.25) is 0 Å². The smallest absolute Gasteiger partial charge is 0.351 e. The highest BCUT2D eigenvalue weighted by Gasteiger charge is 2.46. The Labute approximate surface area is 107 Å². The number of anilines is 1. The number of alkyl halides is 2. The van der Waals surface area contributed by atoms with E-state index >= 15 is 0 Å². The van der Waals surface area contributed by atoms with Gasteiger partial charge in [-0.2, -0.15) is 4.98 Å². The predicted molar refractivity (Wildman–Crippen MR) is 60.9 cm³/mol. The van der Waals surface area contributed by atoms with Crippen molar-refractivity contribution in [2.75, 3.05) is 12.3 Å². The molecule has 3 N–H and O–H groups in total. The zero-order valence-corrected chi connectivity index (χ0v) is 9.89. The van der Waals surface area contributed by atoms with Crippen molar-refractivity contribution in [1.29, 1.82) is 0 Å². The molecule has 4 atom stereocenters. The lowest BCUT2D eigenvalue weighted by Gasteiger charge is -2.15. The molecule has 0 radical (unpaired) electrons. The maximum absolute atomic E-state index is 13.6. The molecule has 1 fully saturated rings. The van der Waals surface area contributed by atoms with Crippen molar-refractivity contribution >= 4 is 18.2 Å². The Kier molecular flexibility index (Phi) is 4.60. The second-order valence-corrected chi connectivity index (χ2v) is 3.68. The summed E-state index contributed by atoms with van der Waals surface area (Å²) in [5.41, 5.74) is 4.44. The minimum atomic E-state index is -2.03. The van der Waals surface area contributed by atoms with Crippen LogP contribution >= 0.6 is 12.4 Å². The predicted octanol–water partition coefficient (Wildman–Crippen LogP) is -0.187. The lowest BCUT2D eigenvalue weighted by molar-refractivity contribution is -0.0436. The van der Waals surface area contributed by atoms with Gasteiger partial charge in [0, 0.05) is 6.20 Å². The van der Waals surface area contributed by atoms with Crippen LogP contribution in [-0.2, 0) is 4.74 Å². The van der Waals surface area contributed by atoms with E-state index in [2.05, 4.69) is 4.98 Å². The second-order valence-electron chi connectivity index (χ2n) is 3.68. The zero-order valence-electron chi connectivity index (χ0n) is 9.07. The average Bonchev–Trinajstić information content (AvgIpc) is 2.57. The number of aliphatic hydroxyl groups is 1. The van der Waals surface area contributed by atoms with Crippen LogP contribution in [0.2, 0.25) is 0 Å². The van der Waals surface area contributed by atoms with Gasteiger partial charge in [-0.25, -0.2) is 13.6 Å². The van der Waals surface area contributed by atoms with Gasteiger partial charge in [-0.1, -0.05) is 0 Å². The fourth-order valence-electron chi connectivity index (χ4n) is 1.67. The average molecular weight is 284 g/mol. The van der Waals surface area contributed by atoms with Gasteiger partial charge in [0.05, 0.1) is 6.61 Å². The van der Waals surface area contributed by atoms with Crippen LogP contribution < -0.4 is 11.4 Å². The third-order valence-corrected chi connectivity index (χ3v) is 2.55. The van der Waals surface area contributed by atoms with Gasteiger partial charge in [0.15, 0.2) is 18.6 Å². The minimum Gasteiger partial charge on any atom is -0.394 e. The Morgan fingerprint density at radius 3 is 2.67 bits per heavy atom. The maximum Gasteiger partial charge on any atom is 0.351 e. The molecule has 2 rings (SSSR count). The molecular weight excluding hydrogens is 272 g/mol. The van der Waals surface area contributed by atoms with Gasteiger partial charge in [-0.15, -0.1) is 12.4 Å². The van der Waals surface area contributed by atoms with Crippen molar-refractivity contribution in [3.63, 3.8) is 0 Å². The first-order chi connectivity index (χ1) is 8.04. The van der Waals surface area contributed by atoms with E-state index in [1.165, 1.54) is 12.3 Å². The third-order valence-electron chi connectivity index (χ3n) is 2.55. The van der Waals surface area contributed by atoms with Gasteiger partial charge >= 0.3 is 5.69 Å². The molecule has 102 valence electrons. The van der Waals surface area contributed by atoms with E-state index < -0.39 is 37.0 Å². The molecule has 9 heteroatoms. The number of rotatable bonds is 2. The van der Waals surface area contributed by atoms with Crippen molar-refractivity contribution in [2.24, 2.45) is 0 Å². The van der Waals surface area contributed by atoms with Gasteiger partial charge < -0.3 is 15.6 Å². The summed E-state index contributed by atoms with van der Waals surface area (Å²) in [7, 11) is 0. The lowest BCUT2D eigenvalue weighted by Crippen LogP contribution is -2.32. The summed E-state index contributed by atoms with van der Waals surface area (Å²) in [6, 6.07) is 1.27. The Bertz CT molecular complexity index is 473. The molecule has 0 spiro atoms. The molecule has 1 aliphatic rings. The van der Waals surface area contributed by atoms with Crippen LogP contribution in [0, 0.1) is 0 Å². The van der Waals surface area contributed by atoms with Gasteiger partial charge in [0.1, 0.15) is 11.9 Å². The third kappa shape index (κ3) is 2.45. The van der Waals surface area contributed by atoms with Crippen LogP contribution in [0.5, 0.6) is 0 Å². The van der Waals surface area contributed by atoms with Gasteiger partial charge in [-0.05, 0) is 6.07 Å². The summed E-state index contributed by atoms with van der Waals surface area (Å²) in [6.07, 6.45) is -5.54. The molecule has 1 aliphatic heterocycles. The fourth-order valence-corrected chi connectivity index (χ4v) is 1.67. The monoisotopic (exact) mass is 283 g/mol. The molecule has 0 unspecified atom stereocenters. The highest BCUT2D eigenvalue weighted by molar-refractivity contribution is 5.85. The van der Waals surface area contributed by atoms with Crippen molar-refractivity contribution < 1.29 is 18.6 Å². The van der Waals surface area contributed by atoms with E-state index in [0.29, 0.717) is 0 Å². The summed E-state index contributed by atoms with van der Waals surface area (Å²) in [5.74, 6) is -0.0184. The molecule has 0 bridgehead atoms. The van der Waals surface area contributed by atoms with E-state index in [9.17, 15) is 13.6 Å². The molecule has 2 heterocycles. The molecule has 0 aromatic carbocycles. The van der Waals surface area contributed by atoms with Crippen LogP contribution in [0.4, 0.5) is 14.6 Å².